The van der Waals surface area contributed by atoms with Gasteiger partial charge in [-0.15, -0.1) is 0 Å². The van der Waals surface area contributed by atoms with Crippen molar-refractivity contribution in [1.29, 1.82) is 5.26 Å². The van der Waals surface area contributed by atoms with Gasteiger partial charge in [-0.2, -0.15) is 10.4 Å². The van der Waals surface area contributed by atoms with Gasteiger partial charge < -0.3 is 15.0 Å². The summed E-state index contributed by atoms with van der Waals surface area (Å²) < 4.78 is 7.15. The van der Waals surface area contributed by atoms with Gasteiger partial charge in [0.1, 0.15) is 12.3 Å². The van der Waals surface area contributed by atoms with Crippen LogP contribution in [0.25, 0.3) is 16.9 Å². The van der Waals surface area contributed by atoms with Crippen LogP contribution in [0.4, 0.5) is 5.69 Å². The molecule has 9 nitrogen and oxygen atoms in total. The van der Waals surface area contributed by atoms with Gasteiger partial charge in [0, 0.05) is 29.8 Å². The number of hydrogen-bond acceptors (Lipinski definition) is 7. The number of nitriles is 1. The monoisotopic (exact) mass is 533 g/mol. The van der Waals surface area contributed by atoms with Gasteiger partial charge in [-0.3, -0.25) is 9.59 Å². The van der Waals surface area contributed by atoms with Crippen molar-refractivity contribution in [3.63, 3.8) is 0 Å². The van der Waals surface area contributed by atoms with Crippen LogP contribution in [0.15, 0.2) is 78.9 Å². The summed E-state index contributed by atoms with van der Waals surface area (Å²) >= 11 is 0. The highest BCUT2D eigenvalue weighted by atomic mass is 16.5. The Hall–Kier alpha value is -5.07. The molecule has 1 N–H and O–H groups in total. The first-order valence-electron chi connectivity index (χ1n) is 12.8. The summed E-state index contributed by atoms with van der Waals surface area (Å²) in [4.78, 5) is 41.7. The van der Waals surface area contributed by atoms with Crippen molar-refractivity contribution in [2.24, 2.45) is 5.92 Å². The van der Waals surface area contributed by atoms with Crippen molar-refractivity contribution in [2.45, 2.75) is 6.42 Å². The van der Waals surface area contributed by atoms with Crippen LogP contribution in [0, 0.1) is 17.2 Å². The molecule has 0 aliphatic heterocycles. The standard InChI is InChI=1S/C31H27N5O4/c1-35(2)16-17-40-31(39)23-15-9-14-22-24(23)18-25-27(34-36(28(22)25)21-12-7-4-8-13-21)29(37)26(19-32)30(38)33-20-10-5-3-6-11-20/h3-15,26H,16-18H2,1-2H3,(H,33,38). The number of carbonyl (C=O) groups excluding carboxylic acids is 3. The molecule has 4 aromatic rings. The third kappa shape index (κ3) is 5.13. The zero-order valence-corrected chi connectivity index (χ0v) is 22.1. The molecule has 1 heterocycles. The summed E-state index contributed by atoms with van der Waals surface area (Å²) in [5.74, 6) is -3.50. The van der Waals surface area contributed by atoms with Gasteiger partial charge in [-0.1, -0.05) is 48.5 Å². The maximum absolute atomic E-state index is 13.7. The molecule has 1 unspecified atom stereocenters. The minimum absolute atomic E-state index is 0.0248. The van der Waals surface area contributed by atoms with Crippen molar-refractivity contribution >= 4 is 23.3 Å². The Bertz CT molecular complexity index is 1620. The number of fused-ring (bicyclic) bond motifs is 3. The molecule has 0 saturated heterocycles. The number of carbonyl (C=O) groups is 3. The Morgan fingerprint density at radius 3 is 2.38 bits per heavy atom. The quantitative estimate of drug-likeness (QED) is 0.172. The Balaban J connectivity index is 1.54. The van der Waals surface area contributed by atoms with E-state index in [1.165, 1.54) is 0 Å². The number of ketones is 1. The van der Waals surface area contributed by atoms with Crippen molar-refractivity contribution in [2.75, 3.05) is 32.6 Å². The van der Waals surface area contributed by atoms with Crippen LogP contribution < -0.4 is 5.32 Å². The number of benzene rings is 3. The molecule has 200 valence electrons. The number of aromatic nitrogens is 2. The van der Waals surface area contributed by atoms with Gasteiger partial charge in [-0.05, 0) is 50.0 Å². The molecule has 0 bridgehead atoms. The number of hydrogen-bond donors (Lipinski definition) is 1. The van der Waals surface area contributed by atoms with Crippen molar-refractivity contribution in [3.05, 3.63) is 101 Å². The Kier molecular flexibility index (Phi) is 7.53. The number of rotatable bonds is 9. The predicted molar refractivity (Wildman–Crippen MR) is 149 cm³/mol. The largest absolute Gasteiger partial charge is 0.461 e. The average molecular weight is 534 g/mol. The first-order chi connectivity index (χ1) is 19.4. The lowest BCUT2D eigenvalue weighted by molar-refractivity contribution is -0.117. The van der Waals surface area contributed by atoms with E-state index >= 15 is 0 Å². The van der Waals surface area contributed by atoms with Crippen LogP contribution in [0.5, 0.6) is 0 Å². The number of nitrogens with zero attached hydrogens (tertiary/aromatic N) is 4. The lowest BCUT2D eigenvalue weighted by Crippen LogP contribution is -2.29. The van der Waals surface area contributed by atoms with E-state index in [1.807, 2.05) is 61.5 Å². The van der Waals surface area contributed by atoms with Gasteiger partial charge in [0.15, 0.2) is 5.92 Å². The first-order valence-corrected chi connectivity index (χ1v) is 12.8. The predicted octanol–water partition coefficient (Wildman–Crippen LogP) is 4.12. The third-order valence-electron chi connectivity index (χ3n) is 6.69. The number of ether oxygens (including phenoxy) is 1. The molecule has 1 aliphatic rings. The van der Waals surface area contributed by atoms with Crippen LogP contribution >= 0.6 is 0 Å². The fourth-order valence-electron chi connectivity index (χ4n) is 4.72. The van der Waals surface area contributed by atoms with E-state index < -0.39 is 23.6 Å². The number of Topliss-reactive ketones (excluding diaryl/α,β-unsaturated/α-hetero) is 1. The first kappa shape index (κ1) is 26.5. The second kappa shape index (κ2) is 11.4. The summed E-state index contributed by atoms with van der Waals surface area (Å²) in [5, 5.41) is 17.1. The summed E-state index contributed by atoms with van der Waals surface area (Å²) in [6, 6.07) is 25.1. The van der Waals surface area contributed by atoms with Crippen molar-refractivity contribution in [1.82, 2.24) is 14.7 Å². The topological polar surface area (TPSA) is 117 Å². The van der Waals surface area contributed by atoms with Crippen LogP contribution in [0.2, 0.25) is 0 Å². The Morgan fingerprint density at radius 2 is 1.70 bits per heavy atom. The zero-order valence-electron chi connectivity index (χ0n) is 22.1. The number of nitrogens with one attached hydrogen (secondary N) is 1. The summed E-state index contributed by atoms with van der Waals surface area (Å²) in [5.41, 5.74) is 4.27. The Labute approximate surface area is 231 Å². The van der Waals surface area contributed by atoms with E-state index in [4.69, 9.17) is 4.74 Å². The molecule has 1 aliphatic carbocycles. The van der Waals surface area contributed by atoms with Gasteiger partial charge in [0.05, 0.1) is 23.0 Å². The molecule has 9 heteroatoms. The van der Waals surface area contributed by atoms with E-state index in [9.17, 15) is 19.6 Å². The van der Waals surface area contributed by atoms with Crippen LogP contribution in [-0.4, -0.2) is 59.6 Å². The fourth-order valence-corrected chi connectivity index (χ4v) is 4.72. The van der Waals surface area contributed by atoms with E-state index in [1.54, 1.807) is 47.1 Å². The molecule has 1 aromatic heterocycles. The normalized spacial score (nSPS) is 12.2. The number of amides is 1. The maximum Gasteiger partial charge on any atom is 0.338 e. The van der Waals surface area contributed by atoms with Gasteiger partial charge in [0.25, 0.3) is 0 Å². The molecule has 5 rings (SSSR count). The number of anilines is 1. The second-order valence-electron chi connectivity index (χ2n) is 9.65. The summed E-state index contributed by atoms with van der Waals surface area (Å²) in [7, 11) is 3.79. The van der Waals surface area contributed by atoms with E-state index in [0.29, 0.717) is 40.3 Å². The van der Waals surface area contributed by atoms with Crippen LogP contribution in [0.3, 0.4) is 0 Å². The highest BCUT2D eigenvalue weighted by molar-refractivity contribution is 6.16. The van der Waals surface area contributed by atoms with Crippen LogP contribution in [-0.2, 0) is 16.0 Å². The van der Waals surface area contributed by atoms with Crippen LogP contribution in [0.1, 0.15) is 32.0 Å². The maximum atomic E-state index is 13.7. The average Bonchev–Trinajstić information content (AvgIpc) is 3.52. The van der Waals surface area contributed by atoms with E-state index in [0.717, 1.165) is 5.56 Å². The van der Waals surface area contributed by atoms with Gasteiger partial charge >= 0.3 is 5.97 Å². The minimum Gasteiger partial charge on any atom is -0.461 e. The van der Waals surface area contributed by atoms with E-state index in [2.05, 4.69) is 10.4 Å². The molecule has 3 aromatic carbocycles. The summed E-state index contributed by atoms with van der Waals surface area (Å²) in [6.45, 7) is 0.827. The summed E-state index contributed by atoms with van der Waals surface area (Å²) in [6.07, 6.45) is 0.232. The molecule has 0 spiro atoms. The molecule has 40 heavy (non-hydrogen) atoms. The lowest BCUT2D eigenvalue weighted by Gasteiger charge is -2.13. The van der Waals surface area contributed by atoms with Gasteiger partial charge in [-0.25, -0.2) is 9.48 Å². The third-order valence-corrected chi connectivity index (χ3v) is 6.69. The Morgan fingerprint density at radius 1 is 1.00 bits per heavy atom. The van der Waals surface area contributed by atoms with E-state index in [-0.39, 0.29) is 18.7 Å². The van der Waals surface area contributed by atoms with Gasteiger partial charge in [0.2, 0.25) is 11.7 Å². The molecular weight excluding hydrogens is 506 g/mol. The highest BCUT2D eigenvalue weighted by Gasteiger charge is 2.38. The highest BCUT2D eigenvalue weighted by Crippen LogP contribution is 2.42. The SMILES string of the molecule is CN(C)CCOC(=O)c1cccc2c1Cc1c(C(=O)C(C#N)C(=O)Nc3ccccc3)nn(-c3ccccc3)c1-2. The minimum atomic E-state index is -1.61. The molecular formula is C31H27N5O4. The zero-order chi connectivity index (χ0) is 28.2. The molecule has 0 saturated carbocycles. The van der Waals surface area contributed by atoms with Crippen molar-refractivity contribution in [3.8, 4) is 23.0 Å². The number of esters is 1. The molecule has 1 amide bonds. The van der Waals surface area contributed by atoms with Crippen molar-refractivity contribution < 1.29 is 19.1 Å². The number of para-hydroxylation sites is 2. The molecule has 0 fully saturated rings. The lowest BCUT2D eigenvalue weighted by atomic mass is 9.98. The molecule has 1 atom stereocenters. The molecule has 0 radical (unpaired) electrons. The number of likely N-dealkylation sites (N-methyl/N-ethyl adjacent to an activating group) is 1. The smallest absolute Gasteiger partial charge is 0.338 e. The fraction of sp³-hybridized carbons (Fsp3) is 0.194. The second-order valence-corrected chi connectivity index (χ2v) is 9.65.